The first-order valence-corrected chi connectivity index (χ1v) is 7.33. The number of rotatable bonds is 2. The molecule has 0 spiro atoms. The van der Waals surface area contributed by atoms with Crippen molar-refractivity contribution in [3.8, 4) is 5.75 Å². The van der Waals surface area contributed by atoms with E-state index in [9.17, 15) is 14.7 Å². The van der Waals surface area contributed by atoms with E-state index in [0.717, 1.165) is 28.3 Å². The predicted molar refractivity (Wildman–Crippen MR) is 87.8 cm³/mol. The summed E-state index contributed by atoms with van der Waals surface area (Å²) in [4.78, 5) is 26.6. The number of aromatic hydroxyl groups is 1. The summed E-state index contributed by atoms with van der Waals surface area (Å²) in [5.41, 5.74) is 2.07. The zero-order chi connectivity index (χ0) is 16.0. The topological polar surface area (TPSA) is 75.1 Å². The fourth-order valence-electron chi connectivity index (χ4n) is 3.00. The highest BCUT2D eigenvalue weighted by atomic mass is 16.3. The highest BCUT2D eigenvalue weighted by Gasteiger charge is 2.15. The van der Waals surface area contributed by atoms with Crippen molar-refractivity contribution < 1.29 is 5.11 Å². The number of hydrogen-bond donors (Lipinski definition) is 2. The first kappa shape index (κ1) is 14.4. The molecule has 0 saturated carbocycles. The van der Waals surface area contributed by atoms with Crippen LogP contribution in [0.5, 0.6) is 5.75 Å². The molecule has 3 aromatic rings. The molecule has 0 aliphatic heterocycles. The zero-order valence-corrected chi connectivity index (χ0v) is 12.9. The molecule has 0 bridgehead atoms. The lowest BCUT2D eigenvalue weighted by atomic mass is 10.0. The lowest BCUT2D eigenvalue weighted by Crippen LogP contribution is -2.20. The Morgan fingerprint density at radius 2 is 1.77 bits per heavy atom. The number of benzene rings is 1. The van der Waals surface area contributed by atoms with E-state index in [2.05, 4.69) is 4.98 Å². The van der Waals surface area contributed by atoms with Crippen LogP contribution >= 0.6 is 0 Å². The van der Waals surface area contributed by atoms with E-state index in [1.54, 1.807) is 10.6 Å². The molecule has 0 atom stereocenters. The van der Waals surface area contributed by atoms with Gasteiger partial charge in [-0.2, -0.15) is 0 Å². The van der Waals surface area contributed by atoms with Crippen molar-refractivity contribution in [1.82, 2.24) is 9.55 Å². The highest BCUT2D eigenvalue weighted by molar-refractivity contribution is 6.03. The van der Waals surface area contributed by atoms with Crippen LogP contribution in [0.15, 0.2) is 27.8 Å². The number of fused-ring (bicyclic) bond motifs is 2. The lowest BCUT2D eigenvalue weighted by Gasteiger charge is -2.15. The van der Waals surface area contributed by atoms with E-state index >= 15 is 0 Å². The molecule has 0 unspecified atom stereocenters. The molecule has 2 N–H and O–H groups in total. The molecule has 1 aromatic carbocycles. The van der Waals surface area contributed by atoms with Gasteiger partial charge in [0.15, 0.2) is 5.75 Å². The number of hydrogen-bond acceptors (Lipinski definition) is 3. The summed E-state index contributed by atoms with van der Waals surface area (Å²) < 4.78 is 1.57. The van der Waals surface area contributed by atoms with Gasteiger partial charge in [0.25, 0.3) is 5.56 Å². The Labute approximate surface area is 126 Å². The van der Waals surface area contributed by atoms with E-state index in [4.69, 9.17) is 0 Å². The summed E-state index contributed by atoms with van der Waals surface area (Å²) in [6.07, 6.45) is 0.778. The van der Waals surface area contributed by atoms with Gasteiger partial charge in [-0.3, -0.25) is 9.59 Å². The minimum absolute atomic E-state index is 0.0393. The average Bonchev–Trinajstić information content (AvgIpc) is 2.44. The second-order valence-electron chi connectivity index (χ2n) is 5.68. The van der Waals surface area contributed by atoms with E-state index < -0.39 is 0 Å². The van der Waals surface area contributed by atoms with E-state index in [1.165, 1.54) is 6.07 Å². The molecule has 2 aromatic heterocycles. The Kier molecular flexibility index (Phi) is 3.28. The number of aryl methyl sites for hydroxylation is 3. The van der Waals surface area contributed by atoms with Crippen molar-refractivity contribution in [3.63, 3.8) is 0 Å². The molecule has 3 rings (SSSR count). The number of pyridine rings is 2. The second kappa shape index (κ2) is 5.02. The summed E-state index contributed by atoms with van der Waals surface area (Å²) in [6, 6.07) is 5.02. The Morgan fingerprint density at radius 3 is 2.45 bits per heavy atom. The van der Waals surface area contributed by atoms with Gasteiger partial charge in [0, 0.05) is 29.4 Å². The number of phenolic OH excluding ortho intramolecular Hbond substituents is 1. The molecule has 22 heavy (non-hydrogen) atoms. The van der Waals surface area contributed by atoms with Gasteiger partial charge in [0.1, 0.15) is 0 Å². The molecular formula is C17H18N2O3. The molecule has 0 amide bonds. The van der Waals surface area contributed by atoms with Crippen molar-refractivity contribution in [2.45, 2.75) is 33.7 Å². The van der Waals surface area contributed by atoms with E-state index in [-0.39, 0.29) is 16.9 Å². The number of nitrogens with zero attached hydrogens (tertiary/aromatic N) is 1. The van der Waals surface area contributed by atoms with Gasteiger partial charge in [-0.05, 0) is 37.5 Å². The summed E-state index contributed by atoms with van der Waals surface area (Å²) in [6.45, 7) is 6.18. The largest absolute Gasteiger partial charge is 0.504 e. The van der Waals surface area contributed by atoms with Crippen LogP contribution in [0, 0.1) is 13.8 Å². The van der Waals surface area contributed by atoms with Crippen LogP contribution in [-0.4, -0.2) is 14.7 Å². The molecule has 0 saturated heterocycles. The second-order valence-corrected chi connectivity index (χ2v) is 5.68. The number of nitrogens with one attached hydrogen (secondary N) is 1. The Bertz CT molecular complexity index is 1010. The van der Waals surface area contributed by atoms with E-state index in [0.29, 0.717) is 17.6 Å². The summed E-state index contributed by atoms with van der Waals surface area (Å²) in [5, 5.41) is 12.3. The quantitative estimate of drug-likeness (QED) is 0.714. The molecule has 0 fully saturated rings. The van der Waals surface area contributed by atoms with Gasteiger partial charge in [-0.25, -0.2) is 0 Å². The summed E-state index contributed by atoms with van der Waals surface area (Å²) in [5.74, 6) is -0.0393. The normalized spacial score (nSPS) is 11.4. The van der Waals surface area contributed by atoms with Gasteiger partial charge in [0.2, 0.25) is 5.56 Å². The minimum Gasteiger partial charge on any atom is -0.504 e. The van der Waals surface area contributed by atoms with Crippen LogP contribution in [0.3, 0.4) is 0 Å². The van der Waals surface area contributed by atoms with Crippen LogP contribution < -0.4 is 11.1 Å². The van der Waals surface area contributed by atoms with Gasteiger partial charge in [0.05, 0.1) is 11.0 Å². The Hall–Kier alpha value is -2.56. The average molecular weight is 298 g/mol. The third-order valence-electron chi connectivity index (χ3n) is 4.04. The van der Waals surface area contributed by atoms with Crippen molar-refractivity contribution in [1.29, 1.82) is 0 Å². The van der Waals surface area contributed by atoms with Crippen molar-refractivity contribution in [2.75, 3.05) is 0 Å². The maximum absolute atomic E-state index is 12.2. The summed E-state index contributed by atoms with van der Waals surface area (Å²) in [7, 11) is 0. The third-order valence-corrected chi connectivity index (χ3v) is 4.04. The first-order chi connectivity index (χ1) is 10.4. The molecule has 0 aliphatic carbocycles. The smallest absolute Gasteiger partial charge is 0.251 e. The maximum atomic E-state index is 12.2. The molecule has 0 aliphatic rings. The van der Waals surface area contributed by atoms with Crippen LogP contribution in [0.2, 0.25) is 0 Å². The lowest BCUT2D eigenvalue weighted by molar-refractivity contribution is 0.481. The maximum Gasteiger partial charge on any atom is 0.251 e. The van der Waals surface area contributed by atoms with Gasteiger partial charge in [-0.15, -0.1) is 0 Å². The SMILES string of the molecule is CCCn1c(=O)cc(C)c2cc3c(C)cc(=O)[nH]c3c(O)c21. The van der Waals surface area contributed by atoms with Crippen LogP contribution in [-0.2, 0) is 6.54 Å². The number of H-pyrrole nitrogens is 1. The molecule has 2 heterocycles. The zero-order valence-electron chi connectivity index (χ0n) is 12.9. The predicted octanol–water partition coefficient (Wildman–Crippen LogP) is 2.58. The number of phenols is 1. The van der Waals surface area contributed by atoms with Gasteiger partial charge < -0.3 is 14.7 Å². The minimum atomic E-state index is -0.267. The fraction of sp³-hybridized carbons (Fsp3) is 0.294. The van der Waals surface area contributed by atoms with Crippen LogP contribution in [0.1, 0.15) is 24.5 Å². The molecule has 0 radical (unpaired) electrons. The standard InChI is InChI=1S/C17H18N2O3/c1-4-5-19-14(21)7-10(3)12-8-11-9(2)6-13(20)18-15(11)17(22)16(12)19/h6-8,22H,4-5H2,1-3H3,(H,18,20). The van der Waals surface area contributed by atoms with Crippen molar-refractivity contribution in [3.05, 3.63) is 50.0 Å². The van der Waals surface area contributed by atoms with Crippen molar-refractivity contribution >= 4 is 21.8 Å². The van der Waals surface area contributed by atoms with E-state index in [1.807, 2.05) is 26.8 Å². The monoisotopic (exact) mass is 298 g/mol. The number of aromatic amines is 1. The first-order valence-electron chi connectivity index (χ1n) is 7.33. The van der Waals surface area contributed by atoms with Crippen LogP contribution in [0.25, 0.3) is 21.8 Å². The van der Waals surface area contributed by atoms with Crippen molar-refractivity contribution in [2.24, 2.45) is 0 Å². The van der Waals surface area contributed by atoms with Gasteiger partial charge >= 0.3 is 0 Å². The van der Waals surface area contributed by atoms with Crippen LogP contribution in [0.4, 0.5) is 0 Å². The highest BCUT2D eigenvalue weighted by Crippen LogP contribution is 2.34. The Balaban J connectivity index is 2.63. The number of aromatic nitrogens is 2. The molecule has 5 nitrogen and oxygen atoms in total. The molecule has 5 heteroatoms. The fourth-order valence-corrected chi connectivity index (χ4v) is 3.00. The van der Waals surface area contributed by atoms with Gasteiger partial charge in [-0.1, -0.05) is 6.92 Å². The Morgan fingerprint density at radius 1 is 1.09 bits per heavy atom. The summed E-state index contributed by atoms with van der Waals surface area (Å²) >= 11 is 0. The molecular weight excluding hydrogens is 280 g/mol. The third kappa shape index (κ3) is 2.01. The molecule has 114 valence electrons.